The minimum atomic E-state index is 0.156. The molecule has 1 atom stereocenters. The molecule has 2 aliphatic rings. The van der Waals surface area contributed by atoms with Gasteiger partial charge in [-0.25, -0.2) is 9.67 Å². The maximum absolute atomic E-state index is 12.1. The van der Waals surface area contributed by atoms with Gasteiger partial charge in [-0.2, -0.15) is 5.10 Å². The largest absolute Gasteiger partial charge is 0.341 e. The Balaban J connectivity index is 1.48. The minimum Gasteiger partial charge on any atom is -0.341 e. The van der Waals surface area contributed by atoms with Gasteiger partial charge in [0.25, 0.3) is 0 Å². The van der Waals surface area contributed by atoms with E-state index in [0.29, 0.717) is 12.6 Å². The smallest absolute Gasteiger partial charge is 0.244 e. The van der Waals surface area contributed by atoms with Crippen molar-refractivity contribution in [1.82, 2.24) is 25.0 Å². The highest BCUT2D eigenvalue weighted by atomic mass is 16.2. The second-order valence-electron chi connectivity index (χ2n) is 5.51. The van der Waals surface area contributed by atoms with Gasteiger partial charge >= 0.3 is 0 Å². The van der Waals surface area contributed by atoms with Gasteiger partial charge in [0.15, 0.2) is 0 Å². The van der Waals surface area contributed by atoms with Crippen LogP contribution in [-0.4, -0.2) is 51.2 Å². The molecule has 2 aliphatic heterocycles. The number of nitrogens with zero attached hydrogens (tertiary/aromatic N) is 4. The molecule has 1 aromatic heterocycles. The molecule has 6 heteroatoms. The van der Waals surface area contributed by atoms with Crippen molar-refractivity contribution in [3.05, 3.63) is 12.7 Å². The minimum absolute atomic E-state index is 0.156. The molecule has 0 aliphatic carbocycles. The van der Waals surface area contributed by atoms with Crippen LogP contribution in [0.4, 0.5) is 0 Å². The molecule has 0 spiro atoms. The first-order chi connectivity index (χ1) is 9.33. The van der Waals surface area contributed by atoms with Crippen molar-refractivity contribution in [2.45, 2.75) is 38.3 Å². The molecule has 2 saturated heterocycles. The van der Waals surface area contributed by atoms with Crippen molar-refractivity contribution in [2.75, 3.05) is 19.6 Å². The summed E-state index contributed by atoms with van der Waals surface area (Å²) in [5, 5.41) is 7.56. The zero-order chi connectivity index (χ0) is 13.1. The molecule has 0 aromatic carbocycles. The Hall–Kier alpha value is -1.43. The number of carbonyl (C=O) groups is 1. The number of hydrogen-bond donors (Lipinski definition) is 1. The van der Waals surface area contributed by atoms with Crippen LogP contribution >= 0.6 is 0 Å². The average Bonchev–Trinajstić information content (AvgIpc) is 3.12. The normalized spacial score (nSPS) is 24.8. The van der Waals surface area contributed by atoms with Gasteiger partial charge in [-0.1, -0.05) is 0 Å². The summed E-state index contributed by atoms with van der Waals surface area (Å²) < 4.78 is 1.59. The Bertz CT molecular complexity index is 405. The zero-order valence-corrected chi connectivity index (χ0v) is 11.2. The molecule has 1 N–H and O–H groups in total. The van der Waals surface area contributed by atoms with Gasteiger partial charge in [-0.3, -0.25) is 4.79 Å². The van der Waals surface area contributed by atoms with Crippen molar-refractivity contribution in [1.29, 1.82) is 0 Å². The van der Waals surface area contributed by atoms with Crippen LogP contribution in [-0.2, 0) is 11.3 Å². The lowest BCUT2D eigenvalue weighted by Gasteiger charge is -2.34. The first-order valence-electron chi connectivity index (χ1n) is 7.16. The van der Waals surface area contributed by atoms with Crippen molar-refractivity contribution < 1.29 is 4.79 Å². The summed E-state index contributed by atoms with van der Waals surface area (Å²) in [7, 11) is 0. The lowest BCUT2D eigenvalue weighted by atomic mass is 9.88. The summed E-state index contributed by atoms with van der Waals surface area (Å²) in [5.41, 5.74) is 0. The second-order valence-corrected chi connectivity index (χ2v) is 5.51. The average molecular weight is 263 g/mol. The third-order valence-corrected chi connectivity index (χ3v) is 4.32. The lowest BCUT2D eigenvalue weighted by molar-refractivity contribution is -0.133. The molecule has 0 radical (unpaired) electrons. The Morgan fingerprint density at radius 1 is 1.32 bits per heavy atom. The van der Waals surface area contributed by atoms with E-state index < -0.39 is 0 Å². The topological polar surface area (TPSA) is 63.1 Å². The van der Waals surface area contributed by atoms with E-state index in [2.05, 4.69) is 15.4 Å². The highest BCUT2D eigenvalue weighted by Gasteiger charge is 2.29. The van der Waals surface area contributed by atoms with Gasteiger partial charge in [0.05, 0.1) is 0 Å². The Morgan fingerprint density at radius 3 is 2.79 bits per heavy atom. The first-order valence-corrected chi connectivity index (χ1v) is 7.16. The molecule has 1 aromatic rings. The summed E-state index contributed by atoms with van der Waals surface area (Å²) in [4.78, 5) is 17.9. The van der Waals surface area contributed by atoms with Crippen LogP contribution in [0.2, 0.25) is 0 Å². The van der Waals surface area contributed by atoms with Crippen LogP contribution in [0.5, 0.6) is 0 Å². The van der Waals surface area contributed by atoms with E-state index in [1.54, 1.807) is 11.0 Å². The molecule has 1 unspecified atom stereocenters. The number of rotatable bonds is 3. The van der Waals surface area contributed by atoms with Gasteiger partial charge in [-0.15, -0.1) is 0 Å². The van der Waals surface area contributed by atoms with E-state index in [4.69, 9.17) is 0 Å². The van der Waals surface area contributed by atoms with E-state index in [1.807, 2.05) is 4.90 Å². The van der Waals surface area contributed by atoms with Gasteiger partial charge in [0.1, 0.15) is 19.2 Å². The van der Waals surface area contributed by atoms with Crippen LogP contribution < -0.4 is 5.32 Å². The summed E-state index contributed by atoms with van der Waals surface area (Å²) in [6.07, 6.45) is 7.91. The molecule has 0 saturated carbocycles. The van der Waals surface area contributed by atoms with Crippen molar-refractivity contribution in [3.63, 3.8) is 0 Å². The molecule has 3 heterocycles. The fourth-order valence-corrected chi connectivity index (χ4v) is 3.22. The van der Waals surface area contributed by atoms with Crippen LogP contribution in [0, 0.1) is 5.92 Å². The maximum atomic E-state index is 12.1. The lowest BCUT2D eigenvalue weighted by Crippen LogP contribution is -2.44. The van der Waals surface area contributed by atoms with Crippen molar-refractivity contribution >= 4 is 5.91 Å². The standard InChI is InChI=1S/C13H21N5O/c19-13(8-18-10-14-9-16-18)17-6-3-11(4-7-17)12-2-1-5-15-12/h9-12,15H,1-8H2. The summed E-state index contributed by atoms with van der Waals surface area (Å²) in [5.74, 6) is 0.904. The van der Waals surface area contributed by atoms with Crippen molar-refractivity contribution in [2.24, 2.45) is 5.92 Å². The SMILES string of the molecule is O=C(Cn1cncn1)N1CCC(C2CCCN2)CC1. The monoisotopic (exact) mass is 263 g/mol. The van der Waals surface area contributed by atoms with Crippen LogP contribution in [0.3, 0.4) is 0 Å². The van der Waals surface area contributed by atoms with Gasteiger partial charge < -0.3 is 10.2 Å². The zero-order valence-electron chi connectivity index (χ0n) is 11.2. The number of amides is 1. The summed E-state index contributed by atoms with van der Waals surface area (Å²) >= 11 is 0. The third kappa shape index (κ3) is 2.94. The van der Waals surface area contributed by atoms with E-state index in [1.165, 1.54) is 19.2 Å². The molecule has 3 rings (SSSR count). The first kappa shape index (κ1) is 12.6. The number of likely N-dealkylation sites (tertiary alicyclic amines) is 1. The Labute approximate surface area is 113 Å². The van der Waals surface area contributed by atoms with Gasteiger partial charge in [-0.05, 0) is 38.1 Å². The molecule has 1 amide bonds. The van der Waals surface area contributed by atoms with Crippen LogP contribution in [0.15, 0.2) is 12.7 Å². The van der Waals surface area contributed by atoms with Crippen LogP contribution in [0.1, 0.15) is 25.7 Å². The molecule has 19 heavy (non-hydrogen) atoms. The van der Waals surface area contributed by atoms with Crippen molar-refractivity contribution in [3.8, 4) is 0 Å². The van der Waals surface area contributed by atoms with Gasteiger partial charge in [0.2, 0.25) is 5.91 Å². The molecule has 0 bridgehead atoms. The Morgan fingerprint density at radius 2 is 2.16 bits per heavy atom. The number of carbonyl (C=O) groups excluding carboxylic acids is 1. The number of piperidine rings is 1. The molecule has 104 valence electrons. The van der Waals surface area contributed by atoms with E-state index in [0.717, 1.165) is 38.4 Å². The maximum Gasteiger partial charge on any atom is 0.244 e. The van der Waals surface area contributed by atoms with Gasteiger partial charge in [0, 0.05) is 19.1 Å². The Kier molecular flexibility index (Phi) is 3.77. The third-order valence-electron chi connectivity index (χ3n) is 4.32. The summed E-state index contributed by atoms with van der Waals surface area (Å²) in [6, 6.07) is 0.688. The van der Waals surface area contributed by atoms with E-state index in [9.17, 15) is 4.79 Å². The van der Waals surface area contributed by atoms with E-state index >= 15 is 0 Å². The number of hydrogen-bond acceptors (Lipinski definition) is 4. The highest BCUT2D eigenvalue weighted by molar-refractivity contribution is 5.75. The highest BCUT2D eigenvalue weighted by Crippen LogP contribution is 2.25. The molecular weight excluding hydrogens is 242 g/mol. The predicted molar refractivity (Wildman–Crippen MR) is 70.4 cm³/mol. The molecule has 2 fully saturated rings. The van der Waals surface area contributed by atoms with E-state index in [-0.39, 0.29) is 5.91 Å². The number of nitrogens with one attached hydrogen (secondary N) is 1. The molecular formula is C13H21N5O. The fraction of sp³-hybridized carbons (Fsp3) is 0.769. The number of aromatic nitrogens is 3. The van der Waals surface area contributed by atoms with Crippen LogP contribution in [0.25, 0.3) is 0 Å². The molecule has 6 nitrogen and oxygen atoms in total. The quantitative estimate of drug-likeness (QED) is 0.850. The second kappa shape index (κ2) is 5.69. The predicted octanol–water partition coefficient (Wildman–Crippen LogP) is 0.269. The summed E-state index contributed by atoms with van der Waals surface area (Å²) in [6.45, 7) is 3.25. The fourth-order valence-electron chi connectivity index (χ4n) is 3.22.